The quantitative estimate of drug-likeness (QED) is 0.925. The van der Waals surface area contributed by atoms with Crippen LogP contribution in [-0.4, -0.2) is 32.0 Å². The molecule has 1 aromatic carbocycles. The second-order valence-electron chi connectivity index (χ2n) is 5.47. The van der Waals surface area contributed by atoms with Crippen LogP contribution in [0, 0.1) is 0 Å². The van der Waals surface area contributed by atoms with Crippen LogP contribution >= 0.6 is 0 Å². The van der Waals surface area contributed by atoms with E-state index in [0.717, 1.165) is 5.56 Å². The molecular formula is C16H22O5. The lowest BCUT2D eigenvalue weighted by Crippen LogP contribution is -2.28. The van der Waals surface area contributed by atoms with Crippen molar-refractivity contribution in [2.45, 2.75) is 32.5 Å². The summed E-state index contributed by atoms with van der Waals surface area (Å²) in [5.74, 6) is 1.96. The fraction of sp³-hybridized carbons (Fsp3) is 0.500. The maximum absolute atomic E-state index is 10.2. The largest absolute Gasteiger partial charge is 0.492 e. The normalized spacial score (nSPS) is 16.7. The third-order valence-corrected chi connectivity index (χ3v) is 3.44. The third kappa shape index (κ3) is 2.53. The minimum atomic E-state index is -0.768. The van der Waals surface area contributed by atoms with Gasteiger partial charge in [-0.3, -0.25) is 0 Å². The summed E-state index contributed by atoms with van der Waals surface area (Å²) in [5.41, 5.74) is 0.828. The first-order valence-corrected chi connectivity index (χ1v) is 6.78. The number of benzene rings is 1. The van der Waals surface area contributed by atoms with Gasteiger partial charge in [-0.2, -0.15) is 0 Å². The Morgan fingerprint density at radius 1 is 1.05 bits per heavy atom. The van der Waals surface area contributed by atoms with Gasteiger partial charge in [-0.25, -0.2) is 0 Å². The van der Waals surface area contributed by atoms with Gasteiger partial charge in [-0.05, 0) is 32.9 Å². The molecule has 1 aromatic rings. The molecule has 116 valence electrons. The summed E-state index contributed by atoms with van der Waals surface area (Å²) in [6.45, 7) is 5.56. The lowest BCUT2D eigenvalue weighted by atomic mass is 9.95. The molecule has 0 aliphatic carbocycles. The van der Waals surface area contributed by atoms with E-state index in [-0.39, 0.29) is 0 Å². The molecule has 1 unspecified atom stereocenters. The van der Waals surface area contributed by atoms with Crippen molar-refractivity contribution in [1.82, 2.24) is 0 Å². The first-order valence-electron chi connectivity index (χ1n) is 6.78. The molecule has 1 heterocycles. The molecule has 2 rings (SSSR count). The predicted molar refractivity (Wildman–Crippen MR) is 80.5 cm³/mol. The van der Waals surface area contributed by atoms with E-state index < -0.39 is 11.7 Å². The average Bonchev–Trinajstić information content (AvgIpc) is 2.42. The molecule has 0 bridgehead atoms. The molecule has 0 radical (unpaired) electrons. The monoisotopic (exact) mass is 294 g/mol. The van der Waals surface area contributed by atoms with E-state index in [1.165, 1.54) is 14.2 Å². The van der Waals surface area contributed by atoms with Crippen LogP contribution in [0.1, 0.15) is 38.0 Å². The summed E-state index contributed by atoms with van der Waals surface area (Å²) in [4.78, 5) is 0. The maximum atomic E-state index is 10.2. The van der Waals surface area contributed by atoms with Crippen LogP contribution in [0.5, 0.6) is 23.0 Å². The minimum Gasteiger partial charge on any atom is -0.492 e. The average molecular weight is 294 g/mol. The van der Waals surface area contributed by atoms with Crippen molar-refractivity contribution in [1.29, 1.82) is 0 Å². The van der Waals surface area contributed by atoms with Crippen LogP contribution in [0.3, 0.4) is 0 Å². The summed E-state index contributed by atoms with van der Waals surface area (Å²) in [6, 6.07) is 0. The molecule has 0 fully saturated rings. The molecule has 0 amide bonds. The van der Waals surface area contributed by atoms with Gasteiger partial charge in [0.15, 0.2) is 11.5 Å². The summed E-state index contributed by atoms with van der Waals surface area (Å²) in [6.07, 6.45) is 3.09. The van der Waals surface area contributed by atoms with Crippen molar-refractivity contribution in [3.8, 4) is 23.0 Å². The highest BCUT2D eigenvalue weighted by atomic mass is 16.5. The van der Waals surface area contributed by atoms with Gasteiger partial charge < -0.3 is 24.1 Å². The van der Waals surface area contributed by atoms with Crippen LogP contribution in [0.4, 0.5) is 0 Å². The van der Waals surface area contributed by atoms with Gasteiger partial charge in [0.1, 0.15) is 11.4 Å². The molecule has 5 nitrogen and oxygen atoms in total. The molecule has 1 N–H and O–H groups in total. The third-order valence-electron chi connectivity index (χ3n) is 3.44. The van der Waals surface area contributed by atoms with E-state index in [2.05, 4.69) is 0 Å². The van der Waals surface area contributed by atoms with Crippen LogP contribution < -0.4 is 18.9 Å². The fourth-order valence-electron chi connectivity index (χ4n) is 2.51. The first kappa shape index (κ1) is 15.5. The van der Waals surface area contributed by atoms with Gasteiger partial charge in [0.05, 0.1) is 38.6 Å². The second kappa shape index (κ2) is 5.48. The number of rotatable bonds is 4. The van der Waals surface area contributed by atoms with Crippen LogP contribution in [0.15, 0.2) is 6.08 Å². The number of aliphatic hydroxyl groups excluding tert-OH is 1. The Morgan fingerprint density at radius 2 is 1.62 bits per heavy atom. The van der Waals surface area contributed by atoms with E-state index in [9.17, 15) is 5.11 Å². The van der Waals surface area contributed by atoms with Gasteiger partial charge in [0.25, 0.3) is 0 Å². The van der Waals surface area contributed by atoms with Crippen molar-refractivity contribution in [2.24, 2.45) is 0 Å². The molecule has 0 saturated carbocycles. The van der Waals surface area contributed by atoms with Gasteiger partial charge in [0.2, 0.25) is 5.75 Å². The maximum Gasteiger partial charge on any atom is 0.204 e. The van der Waals surface area contributed by atoms with E-state index in [0.29, 0.717) is 28.6 Å². The Morgan fingerprint density at radius 3 is 2.10 bits per heavy atom. The zero-order valence-electron chi connectivity index (χ0n) is 13.3. The van der Waals surface area contributed by atoms with Crippen molar-refractivity contribution in [3.63, 3.8) is 0 Å². The highest BCUT2D eigenvalue weighted by Crippen LogP contribution is 2.53. The Labute approximate surface area is 125 Å². The van der Waals surface area contributed by atoms with Crippen molar-refractivity contribution in [3.05, 3.63) is 17.2 Å². The number of ether oxygens (including phenoxy) is 4. The van der Waals surface area contributed by atoms with Crippen molar-refractivity contribution >= 4 is 6.08 Å². The zero-order valence-corrected chi connectivity index (χ0v) is 13.3. The highest BCUT2D eigenvalue weighted by molar-refractivity contribution is 5.77. The lowest BCUT2D eigenvalue weighted by molar-refractivity contribution is 0.139. The molecule has 1 atom stereocenters. The molecule has 0 aromatic heterocycles. The van der Waals surface area contributed by atoms with Crippen LogP contribution in [0.25, 0.3) is 6.08 Å². The number of fused-ring (bicyclic) bond motifs is 1. The molecule has 5 heteroatoms. The number of hydrogen-bond donors (Lipinski definition) is 1. The van der Waals surface area contributed by atoms with E-state index in [1.807, 2.05) is 26.0 Å². The van der Waals surface area contributed by atoms with E-state index in [1.54, 1.807) is 14.0 Å². The lowest BCUT2D eigenvalue weighted by Gasteiger charge is -2.32. The molecule has 1 aliphatic rings. The molecule has 1 aliphatic heterocycles. The number of aliphatic hydroxyl groups is 1. The van der Waals surface area contributed by atoms with Gasteiger partial charge >= 0.3 is 0 Å². The molecule has 0 saturated heterocycles. The number of methoxy groups -OCH3 is 3. The molecule has 21 heavy (non-hydrogen) atoms. The summed E-state index contributed by atoms with van der Waals surface area (Å²) >= 11 is 0. The second-order valence-corrected chi connectivity index (χ2v) is 5.47. The smallest absolute Gasteiger partial charge is 0.204 e. The number of hydrogen-bond acceptors (Lipinski definition) is 5. The van der Waals surface area contributed by atoms with Gasteiger partial charge in [0, 0.05) is 0 Å². The van der Waals surface area contributed by atoms with Crippen molar-refractivity contribution in [2.75, 3.05) is 21.3 Å². The van der Waals surface area contributed by atoms with Crippen molar-refractivity contribution < 1.29 is 24.1 Å². The minimum absolute atomic E-state index is 0.425. The Kier molecular flexibility index (Phi) is 4.05. The van der Waals surface area contributed by atoms with E-state index >= 15 is 0 Å². The SMILES string of the molecule is COc1c2c(c(C(C)O)c(OC)c1OC)OC(C)(C)C=C2. The van der Waals surface area contributed by atoms with Gasteiger partial charge in [-0.1, -0.05) is 0 Å². The summed E-state index contributed by atoms with van der Waals surface area (Å²) in [5, 5.41) is 10.2. The first-order chi connectivity index (χ1) is 9.86. The Balaban J connectivity index is 2.85. The highest BCUT2D eigenvalue weighted by Gasteiger charge is 2.33. The van der Waals surface area contributed by atoms with E-state index in [4.69, 9.17) is 18.9 Å². The zero-order chi connectivity index (χ0) is 15.8. The molecule has 0 spiro atoms. The Bertz CT molecular complexity index is 573. The molecular weight excluding hydrogens is 272 g/mol. The standard InChI is InChI=1S/C16H22O5/c1-9(17)11-12-10(7-8-16(2,3)21-12)13(18-4)15(20-6)14(11)19-5/h7-9,17H,1-6H3. The van der Waals surface area contributed by atoms with Crippen LogP contribution in [0.2, 0.25) is 0 Å². The fourth-order valence-corrected chi connectivity index (χ4v) is 2.51. The Hall–Kier alpha value is -1.88. The topological polar surface area (TPSA) is 57.2 Å². The van der Waals surface area contributed by atoms with Crippen LogP contribution in [-0.2, 0) is 0 Å². The predicted octanol–water partition coefficient (Wildman–Crippen LogP) is 2.95. The summed E-state index contributed by atoms with van der Waals surface area (Å²) in [7, 11) is 4.63. The summed E-state index contributed by atoms with van der Waals surface area (Å²) < 4.78 is 22.3. The van der Waals surface area contributed by atoms with Gasteiger partial charge in [-0.15, -0.1) is 0 Å².